The molecular weight excluding hydrogens is 495 g/mol. The zero-order valence-corrected chi connectivity index (χ0v) is 21.4. The molecule has 0 spiro atoms. The van der Waals surface area contributed by atoms with E-state index in [0.29, 0.717) is 21.9 Å². The molecule has 1 saturated heterocycles. The normalized spacial score (nSPS) is 19.7. The number of hydrogen-bond acceptors (Lipinski definition) is 4. The predicted molar refractivity (Wildman–Crippen MR) is 143 cm³/mol. The maximum Gasteiger partial charge on any atom is 0.314 e. The fraction of sp³-hybridized carbons (Fsp3) is 0.379. The van der Waals surface area contributed by atoms with Crippen molar-refractivity contribution in [1.29, 1.82) is 0 Å². The van der Waals surface area contributed by atoms with Crippen molar-refractivity contribution in [3.8, 4) is 11.3 Å². The Balaban J connectivity index is 1.16. The molecule has 1 N–H and O–H groups in total. The summed E-state index contributed by atoms with van der Waals surface area (Å²) in [7, 11) is 0. The van der Waals surface area contributed by atoms with Crippen molar-refractivity contribution < 1.29 is 14.4 Å². The van der Waals surface area contributed by atoms with Crippen LogP contribution in [0.15, 0.2) is 53.1 Å². The zero-order valence-electron chi connectivity index (χ0n) is 19.9. The highest BCUT2D eigenvalue weighted by atomic mass is 35.5. The predicted octanol–water partition coefficient (Wildman–Crippen LogP) is 7.57. The number of carbonyl (C=O) groups is 1. The Kier molecular flexibility index (Phi) is 6.09. The summed E-state index contributed by atoms with van der Waals surface area (Å²) in [6.45, 7) is 1.92. The molecule has 3 aromatic rings. The van der Waals surface area contributed by atoms with Crippen molar-refractivity contribution in [2.24, 2.45) is 5.92 Å². The van der Waals surface area contributed by atoms with Crippen LogP contribution in [0.3, 0.4) is 0 Å². The van der Waals surface area contributed by atoms with Crippen LogP contribution in [0.4, 0.5) is 5.69 Å². The van der Waals surface area contributed by atoms with E-state index in [2.05, 4.69) is 34.3 Å². The van der Waals surface area contributed by atoms with Crippen LogP contribution in [0.2, 0.25) is 10.0 Å². The number of nitrogens with zero attached hydrogens (tertiary/aromatic N) is 2. The maximum atomic E-state index is 11.6. The number of carboxylic acid groups (broad SMARTS) is 1. The quantitative estimate of drug-likeness (QED) is 0.346. The molecule has 1 aromatic heterocycles. The van der Waals surface area contributed by atoms with Crippen LogP contribution < -0.4 is 4.90 Å². The summed E-state index contributed by atoms with van der Waals surface area (Å²) < 4.78 is 5.79. The second-order valence-corrected chi connectivity index (χ2v) is 11.1. The first-order valence-electron chi connectivity index (χ1n) is 12.7. The van der Waals surface area contributed by atoms with Crippen molar-refractivity contribution in [2.45, 2.75) is 49.9 Å². The second kappa shape index (κ2) is 9.28. The van der Waals surface area contributed by atoms with Gasteiger partial charge in [-0.2, -0.15) is 0 Å². The van der Waals surface area contributed by atoms with E-state index in [1.165, 1.54) is 0 Å². The minimum absolute atomic E-state index is 0.424. The summed E-state index contributed by atoms with van der Waals surface area (Å²) in [5, 5.41) is 15.1. The van der Waals surface area contributed by atoms with Crippen molar-refractivity contribution in [2.75, 3.05) is 18.0 Å². The molecule has 0 bridgehead atoms. The van der Waals surface area contributed by atoms with Crippen LogP contribution in [-0.4, -0.2) is 29.3 Å². The van der Waals surface area contributed by atoms with Gasteiger partial charge >= 0.3 is 5.97 Å². The lowest BCUT2D eigenvalue weighted by Gasteiger charge is -2.32. The fourth-order valence-electron chi connectivity index (χ4n) is 5.34. The first-order valence-corrected chi connectivity index (χ1v) is 13.4. The van der Waals surface area contributed by atoms with Gasteiger partial charge in [0.1, 0.15) is 11.5 Å². The molecule has 0 radical (unpaired) electrons. The molecule has 2 aromatic carbocycles. The molecule has 36 heavy (non-hydrogen) atoms. The van der Waals surface area contributed by atoms with Gasteiger partial charge in [0, 0.05) is 35.8 Å². The van der Waals surface area contributed by atoms with E-state index in [4.69, 9.17) is 27.7 Å². The van der Waals surface area contributed by atoms with Crippen LogP contribution >= 0.6 is 23.2 Å². The molecule has 6 rings (SSSR count). The van der Waals surface area contributed by atoms with Gasteiger partial charge in [-0.05, 0) is 74.3 Å². The first kappa shape index (κ1) is 23.6. The van der Waals surface area contributed by atoms with E-state index in [1.807, 2.05) is 30.3 Å². The van der Waals surface area contributed by atoms with Crippen molar-refractivity contribution in [3.05, 3.63) is 75.5 Å². The number of carboxylic acids is 1. The number of aliphatic carboxylic acids is 1. The molecule has 2 heterocycles. The number of aromatic nitrogens is 1. The second-order valence-electron chi connectivity index (χ2n) is 10.3. The summed E-state index contributed by atoms with van der Waals surface area (Å²) in [6.07, 6.45) is 10.3. The van der Waals surface area contributed by atoms with Gasteiger partial charge in [-0.15, -0.1) is 0 Å². The maximum absolute atomic E-state index is 11.6. The van der Waals surface area contributed by atoms with Crippen molar-refractivity contribution >= 4 is 40.9 Å². The summed E-state index contributed by atoms with van der Waals surface area (Å²) in [5.74, 6) is 1.11. The third-order valence-electron chi connectivity index (χ3n) is 7.92. The molecule has 0 amide bonds. The highest BCUT2D eigenvalue weighted by Crippen LogP contribution is 2.49. The topological polar surface area (TPSA) is 66.6 Å². The van der Waals surface area contributed by atoms with Crippen LogP contribution in [0.5, 0.6) is 0 Å². The number of halogens is 2. The van der Waals surface area contributed by atoms with Gasteiger partial charge in [-0.1, -0.05) is 58.7 Å². The third kappa shape index (κ3) is 4.33. The van der Waals surface area contributed by atoms with Crippen LogP contribution in [0, 0.1) is 5.92 Å². The number of anilines is 1. The van der Waals surface area contributed by atoms with Gasteiger partial charge in [0.25, 0.3) is 0 Å². The number of benzene rings is 2. The monoisotopic (exact) mass is 522 g/mol. The number of piperidine rings is 1. The molecule has 3 aliphatic rings. The minimum Gasteiger partial charge on any atom is -0.481 e. The average Bonchev–Trinajstić information content (AvgIpc) is 3.81. The standard InChI is InChI=1S/C29H28Cl2N2O3/c30-23-2-1-3-24(31)25(23)26-22(27(36-32-26)19-5-6-19)11-4-18-12-16-33(17-13-18)21-9-7-20(8-10-21)29(14-15-29)28(34)35/h1-4,7-11,18-19H,5-6,12-17H2,(H,34,35). The third-order valence-corrected chi connectivity index (χ3v) is 8.55. The molecule has 186 valence electrons. The lowest BCUT2D eigenvalue weighted by Crippen LogP contribution is -2.33. The van der Waals surface area contributed by atoms with Gasteiger partial charge in [0.2, 0.25) is 0 Å². The van der Waals surface area contributed by atoms with E-state index in [-0.39, 0.29) is 0 Å². The highest BCUT2D eigenvalue weighted by Gasteiger charge is 2.51. The summed E-state index contributed by atoms with van der Waals surface area (Å²) in [5.41, 5.74) is 3.88. The average molecular weight is 523 g/mol. The molecule has 0 atom stereocenters. The molecule has 3 fully saturated rings. The SMILES string of the molecule is O=C(O)C1(c2ccc(N3CCC(C=Cc4c(-c5c(Cl)cccc5Cl)noc4C4CC4)CC3)cc2)CC1. The van der Waals surface area contributed by atoms with Crippen molar-refractivity contribution in [1.82, 2.24) is 5.16 Å². The van der Waals surface area contributed by atoms with E-state index >= 15 is 0 Å². The minimum atomic E-state index is -0.708. The molecule has 1 aliphatic heterocycles. The van der Waals surface area contributed by atoms with Crippen molar-refractivity contribution in [3.63, 3.8) is 0 Å². The fourth-order valence-corrected chi connectivity index (χ4v) is 5.92. The molecule has 2 saturated carbocycles. The number of hydrogen-bond donors (Lipinski definition) is 1. The first-order chi connectivity index (χ1) is 17.5. The van der Waals surface area contributed by atoms with E-state index < -0.39 is 11.4 Å². The van der Waals surface area contributed by atoms with E-state index in [1.54, 1.807) is 0 Å². The molecule has 7 heteroatoms. The highest BCUT2D eigenvalue weighted by molar-refractivity contribution is 6.39. The van der Waals surface area contributed by atoms with Gasteiger partial charge in [-0.25, -0.2) is 0 Å². The van der Waals surface area contributed by atoms with E-state index in [9.17, 15) is 9.90 Å². The summed E-state index contributed by atoms with van der Waals surface area (Å²) >= 11 is 13.0. The molecule has 5 nitrogen and oxygen atoms in total. The molecular formula is C29H28Cl2N2O3. The van der Waals surface area contributed by atoms with Gasteiger partial charge in [0.15, 0.2) is 0 Å². The lowest BCUT2D eigenvalue weighted by molar-refractivity contribution is -0.140. The Bertz CT molecular complexity index is 1290. The van der Waals surface area contributed by atoms with Gasteiger partial charge in [0.05, 0.1) is 15.5 Å². The zero-order chi connectivity index (χ0) is 24.9. The number of allylic oxidation sites excluding steroid dienone is 1. The smallest absolute Gasteiger partial charge is 0.314 e. The van der Waals surface area contributed by atoms with E-state index in [0.717, 1.165) is 85.4 Å². The Labute approximate surface area is 220 Å². The Morgan fingerprint density at radius 3 is 2.28 bits per heavy atom. The van der Waals surface area contributed by atoms with Crippen LogP contribution in [0.25, 0.3) is 17.3 Å². The summed E-state index contributed by atoms with van der Waals surface area (Å²) in [4.78, 5) is 14.0. The largest absolute Gasteiger partial charge is 0.481 e. The van der Waals surface area contributed by atoms with Crippen LogP contribution in [0.1, 0.15) is 61.3 Å². The lowest BCUT2D eigenvalue weighted by atomic mass is 9.93. The Hall–Kier alpha value is -2.76. The summed E-state index contributed by atoms with van der Waals surface area (Å²) in [6, 6.07) is 13.6. The Morgan fingerprint density at radius 2 is 1.69 bits per heavy atom. The Morgan fingerprint density at radius 1 is 1.03 bits per heavy atom. The van der Waals surface area contributed by atoms with Gasteiger partial charge < -0.3 is 14.5 Å². The van der Waals surface area contributed by atoms with Crippen LogP contribution in [-0.2, 0) is 10.2 Å². The number of rotatable bonds is 7. The molecule has 0 unspecified atom stereocenters. The van der Waals surface area contributed by atoms with Gasteiger partial charge in [-0.3, -0.25) is 4.79 Å². The molecule has 2 aliphatic carbocycles.